The summed E-state index contributed by atoms with van der Waals surface area (Å²) in [5.41, 5.74) is 5.74. The lowest BCUT2D eigenvalue weighted by Crippen LogP contribution is -1.98. The Kier molecular flexibility index (Phi) is 4.99. The molecule has 11 heavy (non-hydrogen) atoms. The van der Waals surface area contributed by atoms with Gasteiger partial charge in [0, 0.05) is 0 Å². The van der Waals surface area contributed by atoms with Gasteiger partial charge in [0.05, 0.1) is 10.7 Å². The molecule has 0 unspecified atom stereocenters. The molecule has 0 aromatic rings. The Bertz CT molecular complexity index is 206. The molecule has 2 nitrogen and oxygen atoms in total. The maximum absolute atomic E-state index is 5.71. The standard InChI is InChI=1S/C7H10Cl2N2/c1-3-4-5(8)6(10)7(9)11-2/h4H,2-3,10H2,1H3/b5-4+,7-6+. The third-order valence-electron chi connectivity index (χ3n) is 1.00. The van der Waals surface area contributed by atoms with E-state index in [4.69, 9.17) is 28.9 Å². The molecule has 0 bridgehead atoms. The number of hydrogen-bond donors (Lipinski definition) is 1. The number of nitrogens with two attached hydrogens (primary N) is 1. The highest BCUT2D eigenvalue weighted by molar-refractivity contribution is 6.35. The predicted molar refractivity (Wildman–Crippen MR) is 50.8 cm³/mol. The minimum absolute atomic E-state index is 0.139. The minimum Gasteiger partial charge on any atom is -0.395 e. The van der Waals surface area contributed by atoms with Gasteiger partial charge in [-0.15, -0.1) is 0 Å². The molecule has 0 spiro atoms. The highest BCUT2D eigenvalue weighted by atomic mass is 35.5. The highest BCUT2D eigenvalue weighted by Crippen LogP contribution is 2.17. The fourth-order valence-electron chi connectivity index (χ4n) is 0.473. The van der Waals surface area contributed by atoms with Crippen LogP contribution in [-0.2, 0) is 0 Å². The molecule has 0 radical (unpaired) electrons. The van der Waals surface area contributed by atoms with E-state index in [9.17, 15) is 0 Å². The number of halogens is 2. The topological polar surface area (TPSA) is 38.4 Å². The number of hydrogen-bond acceptors (Lipinski definition) is 2. The van der Waals surface area contributed by atoms with Crippen molar-refractivity contribution in [1.29, 1.82) is 0 Å². The van der Waals surface area contributed by atoms with Crippen molar-refractivity contribution in [2.75, 3.05) is 0 Å². The van der Waals surface area contributed by atoms with Crippen molar-refractivity contribution in [3.8, 4) is 0 Å². The average Bonchev–Trinajstić information content (AvgIpc) is 2.02. The van der Waals surface area contributed by atoms with E-state index in [1.165, 1.54) is 0 Å². The van der Waals surface area contributed by atoms with Crippen LogP contribution >= 0.6 is 23.2 Å². The SMILES string of the molecule is C=N/C(Cl)=C(N)\C(Cl)=C/CC. The second-order valence-corrected chi connectivity index (χ2v) is 2.59. The van der Waals surface area contributed by atoms with E-state index in [-0.39, 0.29) is 10.9 Å². The molecule has 0 saturated carbocycles. The molecule has 0 aliphatic heterocycles. The van der Waals surface area contributed by atoms with E-state index >= 15 is 0 Å². The Morgan fingerprint density at radius 1 is 1.64 bits per heavy atom. The first-order valence-electron chi connectivity index (χ1n) is 3.11. The van der Waals surface area contributed by atoms with Crippen LogP contribution in [0.2, 0.25) is 0 Å². The van der Waals surface area contributed by atoms with E-state index in [1.54, 1.807) is 6.08 Å². The van der Waals surface area contributed by atoms with E-state index < -0.39 is 0 Å². The summed E-state index contributed by atoms with van der Waals surface area (Å²) in [6.07, 6.45) is 2.56. The molecule has 0 aromatic heterocycles. The van der Waals surface area contributed by atoms with Gasteiger partial charge in [0.1, 0.15) is 0 Å². The second-order valence-electron chi connectivity index (χ2n) is 1.82. The normalized spacial score (nSPS) is 14.3. The largest absolute Gasteiger partial charge is 0.395 e. The summed E-state index contributed by atoms with van der Waals surface area (Å²) >= 11 is 11.3. The molecule has 0 atom stereocenters. The first-order chi connectivity index (χ1) is 5.13. The maximum atomic E-state index is 5.71. The van der Waals surface area contributed by atoms with Crippen molar-refractivity contribution in [2.45, 2.75) is 13.3 Å². The fraction of sp³-hybridized carbons (Fsp3) is 0.286. The zero-order valence-corrected chi connectivity index (χ0v) is 7.78. The van der Waals surface area contributed by atoms with Crippen LogP contribution in [0, 0.1) is 0 Å². The molecule has 0 saturated heterocycles. The molecular formula is C7H10Cl2N2. The van der Waals surface area contributed by atoms with Gasteiger partial charge in [0.25, 0.3) is 0 Å². The van der Waals surface area contributed by atoms with Crippen LogP contribution < -0.4 is 5.73 Å². The zero-order chi connectivity index (χ0) is 8.85. The Labute approximate surface area is 76.4 Å². The molecule has 0 aliphatic carbocycles. The highest BCUT2D eigenvalue weighted by Gasteiger charge is 2.00. The van der Waals surface area contributed by atoms with E-state index in [0.29, 0.717) is 5.03 Å². The fourth-order valence-corrected chi connectivity index (χ4v) is 0.867. The number of rotatable bonds is 3. The lowest BCUT2D eigenvalue weighted by Gasteiger charge is -1.98. The van der Waals surface area contributed by atoms with Gasteiger partial charge in [-0.05, 0) is 13.1 Å². The van der Waals surface area contributed by atoms with Gasteiger partial charge in [0.15, 0.2) is 5.16 Å². The summed E-state index contributed by atoms with van der Waals surface area (Å²) in [6.45, 7) is 5.17. The third-order valence-corrected chi connectivity index (χ3v) is 1.68. The second kappa shape index (κ2) is 5.22. The van der Waals surface area contributed by atoms with Crippen LogP contribution in [0.1, 0.15) is 13.3 Å². The Morgan fingerprint density at radius 3 is 2.55 bits per heavy atom. The first kappa shape index (κ1) is 10.5. The summed E-state index contributed by atoms with van der Waals surface area (Å²) < 4.78 is 0. The van der Waals surface area contributed by atoms with E-state index in [2.05, 4.69) is 11.7 Å². The van der Waals surface area contributed by atoms with Crippen molar-refractivity contribution in [3.05, 3.63) is 22.0 Å². The van der Waals surface area contributed by atoms with Crippen molar-refractivity contribution in [1.82, 2.24) is 0 Å². The summed E-state index contributed by atoms with van der Waals surface area (Å²) in [5.74, 6) is 0. The molecule has 62 valence electrons. The smallest absolute Gasteiger partial charge is 0.152 e. The molecular weight excluding hydrogens is 183 g/mol. The monoisotopic (exact) mass is 192 g/mol. The minimum atomic E-state index is 0.139. The van der Waals surface area contributed by atoms with Crippen molar-refractivity contribution in [3.63, 3.8) is 0 Å². The third kappa shape index (κ3) is 3.44. The first-order valence-corrected chi connectivity index (χ1v) is 3.87. The van der Waals surface area contributed by atoms with Crippen LogP contribution in [0.5, 0.6) is 0 Å². The Hall–Kier alpha value is -0.470. The van der Waals surface area contributed by atoms with Crippen molar-refractivity contribution >= 4 is 29.9 Å². The van der Waals surface area contributed by atoms with Crippen LogP contribution in [0.15, 0.2) is 27.0 Å². The number of aliphatic imine (C=N–C) groups is 1. The molecule has 0 aliphatic rings. The van der Waals surface area contributed by atoms with Gasteiger partial charge in [0.2, 0.25) is 0 Å². The van der Waals surface area contributed by atoms with Gasteiger partial charge in [-0.1, -0.05) is 36.2 Å². The lowest BCUT2D eigenvalue weighted by molar-refractivity contribution is 1.20. The Balaban J connectivity index is 4.59. The predicted octanol–water partition coefficient (Wildman–Crippen LogP) is 2.59. The van der Waals surface area contributed by atoms with Crippen LogP contribution in [-0.4, -0.2) is 6.72 Å². The summed E-state index contributed by atoms with van der Waals surface area (Å²) in [5, 5.41) is 0.560. The quantitative estimate of drug-likeness (QED) is 0.417. The van der Waals surface area contributed by atoms with E-state index in [0.717, 1.165) is 6.42 Å². The van der Waals surface area contributed by atoms with Crippen molar-refractivity contribution < 1.29 is 0 Å². The summed E-state index contributed by atoms with van der Waals surface area (Å²) in [4.78, 5) is 3.44. The van der Waals surface area contributed by atoms with Gasteiger partial charge < -0.3 is 5.73 Å². The van der Waals surface area contributed by atoms with Gasteiger partial charge in [-0.3, -0.25) is 4.99 Å². The molecule has 0 heterocycles. The molecule has 2 N–H and O–H groups in total. The Morgan fingerprint density at radius 2 is 2.18 bits per heavy atom. The zero-order valence-electron chi connectivity index (χ0n) is 6.27. The van der Waals surface area contributed by atoms with Crippen LogP contribution in [0.3, 0.4) is 0 Å². The number of nitrogens with zero attached hydrogens (tertiary/aromatic N) is 1. The van der Waals surface area contributed by atoms with Crippen LogP contribution in [0.25, 0.3) is 0 Å². The molecule has 4 heteroatoms. The molecule has 0 fully saturated rings. The van der Waals surface area contributed by atoms with Crippen molar-refractivity contribution in [2.24, 2.45) is 10.7 Å². The molecule has 0 amide bonds. The number of allylic oxidation sites excluding steroid dienone is 2. The molecule has 0 aromatic carbocycles. The summed E-state index contributed by atoms with van der Waals surface area (Å²) in [6, 6.07) is 0. The van der Waals surface area contributed by atoms with Gasteiger partial charge >= 0.3 is 0 Å². The van der Waals surface area contributed by atoms with Gasteiger partial charge in [-0.25, -0.2) is 0 Å². The summed E-state index contributed by atoms with van der Waals surface area (Å²) in [7, 11) is 0. The lowest BCUT2D eigenvalue weighted by atomic mass is 10.3. The molecule has 0 rings (SSSR count). The van der Waals surface area contributed by atoms with Crippen LogP contribution in [0.4, 0.5) is 0 Å². The van der Waals surface area contributed by atoms with E-state index in [1.807, 2.05) is 6.92 Å². The van der Waals surface area contributed by atoms with Gasteiger partial charge in [-0.2, -0.15) is 0 Å². The average molecular weight is 193 g/mol. The maximum Gasteiger partial charge on any atom is 0.152 e.